The molecular weight excluding hydrogens is 271 g/mol. The van der Waals surface area contributed by atoms with E-state index < -0.39 is 18.6 Å². The van der Waals surface area contributed by atoms with E-state index >= 15 is 0 Å². The van der Waals surface area contributed by atoms with E-state index in [9.17, 15) is 18.0 Å². The fraction of sp³-hybridized carbons (Fsp3) is 0.538. The molecule has 0 aliphatic rings. The number of rotatable bonds is 6. The van der Waals surface area contributed by atoms with Crippen molar-refractivity contribution in [3.63, 3.8) is 0 Å². The summed E-state index contributed by atoms with van der Waals surface area (Å²) in [5.74, 6) is -0.647. The van der Waals surface area contributed by atoms with Crippen LogP contribution >= 0.6 is 0 Å². The Balaban J connectivity index is 2.94. The van der Waals surface area contributed by atoms with Crippen LogP contribution in [0.2, 0.25) is 0 Å². The lowest BCUT2D eigenvalue weighted by Gasteiger charge is -2.23. The SMILES string of the molecule is CCCNc1cnccc1C(=O)N(CC)CC(F)(F)F. The van der Waals surface area contributed by atoms with Crippen LogP contribution in [0.5, 0.6) is 0 Å². The lowest BCUT2D eigenvalue weighted by Crippen LogP contribution is -2.39. The Kier molecular flexibility index (Phi) is 5.79. The number of hydrogen-bond acceptors (Lipinski definition) is 3. The zero-order valence-corrected chi connectivity index (χ0v) is 11.5. The van der Waals surface area contributed by atoms with Crippen molar-refractivity contribution in [1.82, 2.24) is 9.88 Å². The smallest absolute Gasteiger partial charge is 0.383 e. The molecule has 0 atom stereocenters. The molecule has 1 heterocycles. The summed E-state index contributed by atoms with van der Waals surface area (Å²) in [5.41, 5.74) is 0.666. The number of nitrogens with one attached hydrogen (secondary N) is 1. The topological polar surface area (TPSA) is 45.2 Å². The van der Waals surface area contributed by atoms with Gasteiger partial charge in [-0.3, -0.25) is 9.78 Å². The normalized spacial score (nSPS) is 11.2. The summed E-state index contributed by atoms with van der Waals surface area (Å²) in [7, 11) is 0. The number of hydrogen-bond donors (Lipinski definition) is 1. The second kappa shape index (κ2) is 7.12. The van der Waals surface area contributed by atoms with Gasteiger partial charge >= 0.3 is 6.18 Å². The zero-order valence-electron chi connectivity index (χ0n) is 11.5. The van der Waals surface area contributed by atoms with Gasteiger partial charge in [0.2, 0.25) is 0 Å². The van der Waals surface area contributed by atoms with Gasteiger partial charge in [-0.05, 0) is 19.4 Å². The minimum absolute atomic E-state index is 0.00607. The van der Waals surface area contributed by atoms with Gasteiger partial charge in [0.05, 0.1) is 17.4 Å². The molecule has 1 aromatic heterocycles. The molecule has 0 aliphatic heterocycles. The Labute approximate surface area is 116 Å². The molecule has 0 radical (unpaired) electrons. The third-order valence-electron chi connectivity index (χ3n) is 2.66. The molecule has 1 amide bonds. The van der Waals surface area contributed by atoms with Gasteiger partial charge in [-0.1, -0.05) is 6.92 Å². The van der Waals surface area contributed by atoms with Crippen molar-refractivity contribution < 1.29 is 18.0 Å². The Hall–Kier alpha value is -1.79. The first-order chi connectivity index (χ1) is 9.39. The summed E-state index contributed by atoms with van der Waals surface area (Å²) in [6.07, 6.45) is -0.728. The minimum atomic E-state index is -4.41. The second-order valence-corrected chi connectivity index (χ2v) is 4.28. The molecule has 0 aromatic carbocycles. The summed E-state index contributed by atoms with van der Waals surface area (Å²) >= 11 is 0. The van der Waals surface area contributed by atoms with Crippen molar-refractivity contribution in [2.24, 2.45) is 0 Å². The van der Waals surface area contributed by atoms with Crippen molar-refractivity contribution in [2.45, 2.75) is 26.4 Å². The van der Waals surface area contributed by atoms with Crippen molar-refractivity contribution in [3.8, 4) is 0 Å². The molecular formula is C13H18F3N3O. The van der Waals surface area contributed by atoms with Crippen molar-refractivity contribution in [2.75, 3.05) is 25.0 Å². The highest BCUT2D eigenvalue weighted by atomic mass is 19.4. The largest absolute Gasteiger partial charge is 0.406 e. The summed E-state index contributed by atoms with van der Waals surface area (Å²) in [4.78, 5) is 16.9. The third-order valence-corrected chi connectivity index (χ3v) is 2.66. The van der Waals surface area contributed by atoms with E-state index in [1.807, 2.05) is 6.92 Å². The van der Waals surface area contributed by atoms with Crippen LogP contribution in [-0.2, 0) is 0 Å². The van der Waals surface area contributed by atoms with Gasteiger partial charge in [-0.2, -0.15) is 13.2 Å². The van der Waals surface area contributed by atoms with E-state index in [0.29, 0.717) is 12.2 Å². The van der Waals surface area contributed by atoms with Crippen molar-refractivity contribution in [1.29, 1.82) is 0 Å². The van der Waals surface area contributed by atoms with Crippen molar-refractivity contribution >= 4 is 11.6 Å². The number of carbonyl (C=O) groups is 1. The maximum absolute atomic E-state index is 12.5. The molecule has 0 saturated heterocycles. The Bertz CT molecular complexity index is 449. The lowest BCUT2D eigenvalue weighted by molar-refractivity contribution is -0.140. The highest BCUT2D eigenvalue weighted by Crippen LogP contribution is 2.20. The van der Waals surface area contributed by atoms with Gasteiger partial charge < -0.3 is 10.2 Å². The minimum Gasteiger partial charge on any atom is -0.383 e. The van der Waals surface area contributed by atoms with Crippen LogP contribution in [0.1, 0.15) is 30.6 Å². The molecule has 1 N–H and O–H groups in total. The number of alkyl halides is 3. The lowest BCUT2D eigenvalue weighted by atomic mass is 10.2. The number of pyridine rings is 1. The molecule has 20 heavy (non-hydrogen) atoms. The van der Waals surface area contributed by atoms with Gasteiger partial charge in [0.25, 0.3) is 5.91 Å². The molecule has 7 heteroatoms. The van der Waals surface area contributed by atoms with Gasteiger partial charge in [0, 0.05) is 19.3 Å². The van der Waals surface area contributed by atoms with Crippen LogP contribution < -0.4 is 5.32 Å². The van der Waals surface area contributed by atoms with Crippen LogP contribution in [0, 0.1) is 0 Å². The predicted octanol–water partition coefficient (Wildman–Crippen LogP) is 2.93. The number of amides is 1. The van der Waals surface area contributed by atoms with Crippen LogP contribution in [-0.4, -0.2) is 41.6 Å². The van der Waals surface area contributed by atoms with E-state index in [2.05, 4.69) is 10.3 Å². The van der Waals surface area contributed by atoms with Crippen LogP contribution in [0.4, 0.5) is 18.9 Å². The number of nitrogens with zero attached hydrogens (tertiary/aromatic N) is 2. The van der Waals surface area contributed by atoms with E-state index in [4.69, 9.17) is 0 Å². The molecule has 1 rings (SSSR count). The van der Waals surface area contributed by atoms with Gasteiger partial charge in [-0.25, -0.2) is 0 Å². The second-order valence-electron chi connectivity index (χ2n) is 4.28. The molecule has 0 unspecified atom stereocenters. The number of carbonyl (C=O) groups excluding carboxylic acids is 1. The molecule has 0 aliphatic carbocycles. The highest BCUT2D eigenvalue weighted by molar-refractivity contribution is 5.99. The molecule has 1 aromatic rings. The van der Waals surface area contributed by atoms with E-state index in [1.54, 1.807) is 0 Å². The summed E-state index contributed by atoms with van der Waals surface area (Å²) < 4.78 is 37.4. The van der Waals surface area contributed by atoms with Gasteiger partial charge in [0.1, 0.15) is 6.54 Å². The van der Waals surface area contributed by atoms with E-state index in [-0.39, 0.29) is 12.1 Å². The van der Waals surface area contributed by atoms with E-state index in [1.165, 1.54) is 25.4 Å². The average molecular weight is 289 g/mol. The zero-order chi connectivity index (χ0) is 15.2. The van der Waals surface area contributed by atoms with Crippen LogP contribution in [0.3, 0.4) is 0 Å². The Morgan fingerprint density at radius 2 is 2.10 bits per heavy atom. The fourth-order valence-corrected chi connectivity index (χ4v) is 1.70. The molecule has 112 valence electrons. The highest BCUT2D eigenvalue weighted by Gasteiger charge is 2.33. The molecule has 4 nitrogen and oxygen atoms in total. The van der Waals surface area contributed by atoms with Crippen LogP contribution in [0.15, 0.2) is 18.5 Å². The van der Waals surface area contributed by atoms with Gasteiger partial charge in [-0.15, -0.1) is 0 Å². The maximum Gasteiger partial charge on any atom is 0.406 e. The third kappa shape index (κ3) is 4.71. The van der Waals surface area contributed by atoms with Gasteiger partial charge in [0.15, 0.2) is 0 Å². The van der Waals surface area contributed by atoms with Crippen LogP contribution in [0.25, 0.3) is 0 Å². The Morgan fingerprint density at radius 1 is 1.40 bits per heavy atom. The number of aromatic nitrogens is 1. The van der Waals surface area contributed by atoms with E-state index in [0.717, 1.165) is 11.3 Å². The summed E-state index contributed by atoms with van der Waals surface area (Å²) in [6, 6.07) is 1.43. The molecule has 0 spiro atoms. The average Bonchev–Trinajstić information content (AvgIpc) is 2.41. The quantitative estimate of drug-likeness (QED) is 0.875. The molecule has 0 bridgehead atoms. The standard InChI is InChI=1S/C13H18F3N3O/c1-3-6-18-11-8-17-7-5-10(11)12(20)19(4-2)9-13(14,15)16/h5,7-8,18H,3-4,6,9H2,1-2H3. The monoisotopic (exact) mass is 289 g/mol. The maximum atomic E-state index is 12.5. The first kappa shape index (κ1) is 16.3. The first-order valence-electron chi connectivity index (χ1n) is 6.43. The fourth-order valence-electron chi connectivity index (χ4n) is 1.70. The Morgan fingerprint density at radius 3 is 2.65 bits per heavy atom. The molecule has 0 fully saturated rings. The summed E-state index contributed by atoms with van der Waals surface area (Å²) in [5, 5.41) is 2.99. The summed E-state index contributed by atoms with van der Waals surface area (Å²) in [6.45, 7) is 2.83. The number of anilines is 1. The number of halogens is 3. The first-order valence-corrected chi connectivity index (χ1v) is 6.43. The predicted molar refractivity (Wildman–Crippen MR) is 70.7 cm³/mol. The van der Waals surface area contributed by atoms with Crippen molar-refractivity contribution in [3.05, 3.63) is 24.0 Å². The molecule has 0 saturated carbocycles.